The van der Waals surface area contributed by atoms with Crippen molar-refractivity contribution in [3.8, 4) is 5.69 Å². The largest absolute Gasteiger partial charge is 0.310 e. The lowest BCUT2D eigenvalue weighted by atomic mass is 9.85. The first kappa shape index (κ1) is 19.2. The summed E-state index contributed by atoms with van der Waals surface area (Å²) in [4.78, 5) is 26.1. The third-order valence-corrected chi connectivity index (χ3v) is 5.90. The van der Waals surface area contributed by atoms with Gasteiger partial charge in [-0.3, -0.25) is 9.59 Å². The van der Waals surface area contributed by atoms with Crippen LogP contribution in [0.1, 0.15) is 45.1 Å². The molecule has 0 bridgehead atoms. The van der Waals surface area contributed by atoms with E-state index in [0.29, 0.717) is 11.4 Å². The van der Waals surface area contributed by atoms with Crippen LogP contribution < -0.4 is 5.32 Å². The van der Waals surface area contributed by atoms with E-state index in [-0.39, 0.29) is 18.1 Å². The average Bonchev–Trinajstić information content (AvgIpc) is 3.08. The fourth-order valence-corrected chi connectivity index (χ4v) is 4.57. The van der Waals surface area contributed by atoms with Crippen molar-refractivity contribution < 1.29 is 9.59 Å². The number of Topliss-reactive ketones (excluding diaryl/α,β-unsaturated/α-hetero) is 1. The molecule has 1 atom stereocenters. The van der Waals surface area contributed by atoms with Crippen LogP contribution in [-0.2, 0) is 4.79 Å². The zero-order valence-electron chi connectivity index (χ0n) is 17.8. The first-order valence-corrected chi connectivity index (χ1v) is 10.4. The molecule has 0 saturated heterocycles. The maximum absolute atomic E-state index is 13.5. The number of aromatic nitrogens is 2. The van der Waals surface area contributed by atoms with Crippen molar-refractivity contribution in [3.05, 3.63) is 88.6 Å². The zero-order chi connectivity index (χ0) is 21.7. The molecular formula is C26H23N3O2. The predicted octanol–water partition coefficient (Wildman–Crippen LogP) is 5.26. The minimum atomic E-state index is -0.551. The molecule has 5 heteroatoms. The van der Waals surface area contributed by atoms with Crippen LogP contribution in [0.5, 0.6) is 0 Å². The Hall–Kier alpha value is -3.73. The van der Waals surface area contributed by atoms with Crippen molar-refractivity contribution >= 4 is 28.3 Å². The van der Waals surface area contributed by atoms with Gasteiger partial charge >= 0.3 is 0 Å². The summed E-state index contributed by atoms with van der Waals surface area (Å²) in [5, 5.41) is 9.76. The van der Waals surface area contributed by atoms with E-state index in [1.54, 1.807) is 4.68 Å². The monoisotopic (exact) mass is 409 g/mol. The van der Waals surface area contributed by atoms with E-state index in [1.165, 1.54) is 0 Å². The summed E-state index contributed by atoms with van der Waals surface area (Å²) >= 11 is 0. The number of ketones is 1. The van der Waals surface area contributed by atoms with E-state index >= 15 is 0 Å². The van der Waals surface area contributed by atoms with Crippen molar-refractivity contribution in [1.29, 1.82) is 0 Å². The van der Waals surface area contributed by atoms with Gasteiger partial charge in [0, 0.05) is 17.5 Å². The summed E-state index contributed by atoms with van der Waals surface area (Å²) in [5.74, 6) is -0.176. The molecule has 0 aliphatic carbocycles. The average molecular weight is 409 g/mol. The van der Waals surface area contributed by atoms with E-state index in [2.05, 4.69) is 11.4 Å². The highest BCUT2D eigenvalue weighted by Crippen LogP contribution is 2.38. The molecule has 1 N–H and O–H groups in total. The maximum Gasteiger partial charge on any atom is 0.226 e. The summed E-state index contributed by atoms with van der Waals surface area (Å²) in [5.41, 5.74) is 5.28. The molecule has 5 nitrogen and oxygen atoms in total. The van der Waals surface area contributed by atoms with Gasteiger partial charge in [-0.1, -0.05) is 42.5 Å². The van der Waals surface area contributed by atoms with Gasteiger partial charge in [0.05, 0.1) is 17.3 Å². The van der Waals surface area contributed by atoms with E-state index in [4.69, 9.17) is 5.10 Å². The third-order valence-electron chi connectivity index (χ3n) is 5.90. The number of hydrogen-bond acceptors (Lipinski definition) is 3. The Morgan fingerprint density at radius 1 is 0.968 bits per heavy atom. The number of nitrogens with one attached hydrogen (secondary N) is 1. The fraction of sp³-hybridized carbons (Fsp3) is 0.192. The molecule has 1 aliphatic heterocycles. The van der Waals surface area contributed by atoms with Crippen LogP contribution in [0.25, 0.3) is 16.5 Å². The number of fused-ring (bicyclic) bond motifs is 2. The summed E-state index contributed by atoms with van der Waals surface area (Å²) < 4.78 is 1.75. The lowest BCUT2D eigenvalue weighted by Gasteiger charge is -2.23. The second-order valence-electron chi connectivity index (χ2n) is 8.34. The van der Waals surface area contributed by atoms with Crippen LogP contribution in [-0.4, -0.2) is 21.5 Å². The van der Waals surface area contributed by atoms with Crippen LogP contribution in [0.3, 0.4) is 0 Å². The Labute approximate surface area is 180 Å². The smallest absolute Gasteiger partial charge is 0.226 e. The Morgan fingerprint density at radius 3 is 2.42 bits per heavy atom. The number of carbonyl (C=O) groups excluding carboxylic acids is 2. The molecule has 1 aromatic heterocycles. The SMILES string of the molecule is Cc1cc(C)cc(-n2nc(C)c3c2NC(=O)CC3C(=O)c2ccc3ccccc3c2)c1. The molecule has 2 heterocycles. The predicted molar refractivity (Wildman–Crippen MR) is 122 cm³/mol. The fourth-order valence-electron chi connectivity index (χ4n) is 4.57. The first-order valence-electron chi connectivity index (χ1n) is 10.4. The molecule has 154 valence electrons. The number of anilines is 1. The van der Waals surface area contributed by atoms with Crippen LogP contribution >= 0.6 is 0 Å². The minimum Gasteiger partial charge on any atom is -0.310 e. The van der Waals surface area contributed by atoms with E-state index in [9.17, 15) is 9.59 Å². The first-order chi connectivity index (χ1) is 14.9. The van der Waals surface area contributed by atoms with Crippen LogP contribution in [0.4, 0.5) is 5.82 Å². The van der Waals surface area contributed by atoms with Crippen LogP contribution in [0.15, 0.2) is 60.7 Å². The van der Waals surface area contributed by atoms with Gasteiger partial charge in [0.1, 0.15) is 5.82 Å². The summed E-state index contributed by atoms with van der Waals surface area (Å²) in [7, 11) is 0. The number of aryl methyl sites for hydroxylation is 3. The number of nitrogens with zero attached hydrogens (tertiary/aromatic N) is 2. The number of amides is 1. The lowest BCUT2D eigenvalue weighted by Crippen LogP contribution is -2.28. The lowest BCUT2D eigenvalue weighted by molar-refractivity contribution is -0.116. The van der Waals surface area contributed by atoms with Crippen molar-refractivity contribution in [3.63, 3.8) is 0 Å². The standard InChI is InChI=1S/C26H23N3O2/c1-15-10-16(2)12-21(11-15)29-26-24(17(3)28-29)22(14-23(30)27-26)25(31)20-9-8-18-6-4-5-7-19(18)13-20/h4-13,22H,14H2,1-3H3,(H,27,30). The molecule has 31 heavy (non-hydrogen) atoms. The van der Waals surface area contributed by atoms with Gasteiger partial charge in [-0.25, -0.2) is 4.68 Å². The third kappa shape index (κ3) is 3.32. The highest BCUT2D eigenvalue weighted by molar-refractivity contribution is 6.09. The van der Waals surface area contributed by atoms with Crippen molar-refractivity contribution in [2.75, 3.05) is 5.32 Å². The molecule has 1 aliphatic rings. The van der Waals surface area contributed by atoms with Gasteiger partial charge in [0.2, 0.25) is 5.91 Å². The normalized spacial score (nSPS) is 15.6. The van der Waals surface area contributed by atoms with Gasteiger partial charge in [0.15, 0.2) is 5.78 Å². The van der Waals surface area contributed by atoms with Gasteiger partial charge in [-0.2, -0.15) is 5.10 Å². The quantitative estimate of drug-likeness (QED) is 0.470. The van der Waals surface area contributed by atoms with Gasteiger partial charge in [-0.15, -0.1) is 0 Å². The second-order valence-corrected chi connectivity index (χ2v) is 8.34. The summed E-state index contributed by atoms with van der Waals surface area (Å²) in [6, 6.07) is 19.8. The Morgan fingerprint density at radius 2 is 1.68 bits per heavy atom. The molecule has 0 fully saturated rings. The number of hydrogen-bond donors (Lipinski definition) is 1. The molecule has 0 saturated carbocycles. The highest BCUT2D eigenvalue weighted by Gasteiger charge is 2.36. The molecular weight excluding hydrogens is 386 g/mol. The Kier molecular flexibility index (Phi) is 4.47. The van der Waals surface area contributed by atoms with Crippen molar-refractivity contribution in [2.45, 2.75) is 33.1 Å². The van der Waals surface area contributed by atoms with Crippen molar-refractivity contribution in [1.82, 2.24) is 9.78 Å². The molecule has 0 radical (unpaired) electrons. The number of benzene rings is 3. The number of rotatable bonds is 3. The molecule has 5 rings (SSSR count). The Balaban J connectivity index is 1.62. The second kappa shape index (κ2) is 7.20. The van der Waals surface area contributed by atoms with Crippen LogP contribution in [0, 0.1) is 20.8 Å². The molecule has 1 unspecified atom stereocenters. The molecule has 0 spiro atoms. The molecule has 4 aromatic rings. The van der Waals surface area contributed by atoms with Gasteiger partial charge in [-0.05, 0) is 60.9 Å². The van der Waals surface area contributed by atoms with Crippen molar-refractivity contribution in [2.24, 2.45) is 0 Å². The Bertz CT molecular complexity index is 1350. The number of carbonyl (C=O) groups is 2. The van der Waals surface area contributed by atoms with Gasteiger partial charge < -0.3 is 5.32 Å². The minimum absolute atomic E-state index is 0.0510. The van der Waals surface area contributed by atoms with Gasteiger partial charge in [0.25, 0.3) is 0 Å². The maximum atomic E-state index is 13.5. The van der Waals surface area contributed by atoms with Crippen LogP contribution in [0.2, 0.25) is 0 Å². The van der Waals surface area contributed by atoms with E-state index in [0.717, 1.165) is 38.8 Å². The molecule has 1 amide bonds. The summed E-state index contributed by atoms with van der Waals surface area (Å²) in [6.45, 7) is 5.96. The zero-order valence-corrected chi connectivity index (χ0v) is 17.8. The van der Waals surface area contributed by atoms with E-state index in [1.807, 2.05) is 75.4 Å². The molecule has 3 aromatic carbocycles. The highest BCUT2D eigenvalue weighted by atomic mass is 16.2. The van der Waals surface area contributed by atoms with E-state index < -0.39 is 5.92 Å². The summed E-state index contributed by atoms with van der Waals surface area (Å²) in [6.07, 6.45) is 0.123. The topological polar surface area (TPSA) is 64.0 Å².